The van der Waals surface area contributed by atoms with E-state index in [0.717, 1.165) is 12.1 Å². The molecule has 0 aliphatic carbocycles. The van der Waals surface area contributed by atoms with Crippen molar-refractivity contribution >= 4 is 105 Å². The minimum Gasteiger partial charge on any atom is -0.744 e. The number of fused-ring (bicyclic) bond motifs is 6. The van der Waals surface area contributed by atoms with Crippen molar-refractivity contribution in [1.82, 2.24) is 0 Å². The van der Waals surface area contributed by atoms with Gasteiger partial charge in [-0.1, -0.05) is 30.7 Å². The van der Waals surface area contributed by atoms with Crippen LogP contribution in [0, 0.1) is 0 Å². The van der Waals surface area contributed by atoms with Crippen molar-refractivity contribution in [3.8, 4) is 0 Å². The third kappa shape index (κ3) is 14.3. The summed E-state index contributed by atoms with van der Waals surface area (Å²) in [5, 5.41) is 8.81. The maximum atomic E-state index is 12.8. The minimum atomic E-state index is -5.37. The standard InChI is InChI=1S/C48H58N2O22S6/c1-47(19-10-26-73(53,54)55)42(50(22-11-27-74(56,57)58)38-17-15-34-36(45(38)47)28-32(75(59,60)61)30-40(34)77(65,66)67)12-6-4-7-13-43-48(2,20-23-72-25-24-71-3)46-37-29-33(76(62,63)64)31-41(78(68,69)70)35(37)16-18-39(46)49(43)21-9-5-8-14-44(51)52/h4,6-7,12-13,15-18,28-31H,5,8-11,14,19-27H2,1-3H3,(H6-,51,52,53,54,55,56,57,58,59,60,61,62,63,64,65,66,67,68,69,70). The highest BCUT2D eigenvalue weighted by molar-refractivity contribution is 7.87. The molecule has 24 nitrogen and oxygen atoms in total. The van der Waals surface area contributed by atoms with Gasteiger partial charge in [-0.05, 0) is 110 Å². The Bertz CT molecular complexity index is 3870. The number of anilines is 1. The van der Waals surface area contributed by atoms with Crippen LogP contribution in [0.15, 0.2) is 104 Å². The van der Waals surface area contributed by atoms with E-state index >= 15 is 0 Å². The van der Waals surface area contributed by atoms with Gasteiger partial charge in [0.1, 0.15) is 21.6 Å². The van der Waals surface area contributed by atoms with Gasteiger partial charge in [0.25, 0.3) is 50.6 Å². The molecule has 0 aromatic heterocycles. The number of benzene rings is 4. The summed E-state index contributed by atoms with van der Waals surface area (Å²) in [6.07, 6.45) is 8.38. The number of hydrogen-bond donors (Lipinski definition) is 6. The second kappa shape index (κ2) is 23.6. The van der Waals surface area contributed by atoms with E-state index in [0.29, 0.717) is 48.3 Å². The van der Waals surface area contributed by atoms with Crippen LogP contribution in [0.1, 0.15) is 76.3 Å². The predicted octanol–water partition coefficient (Wildman–Crippen LogP) is 5.41. The van der Waals surface area contributed by atoms with Gasteiger partial charge in [-0.2, -0.15) is 46.7 Å². The number of methoxy groups -OCH3 is 1. The third-order valence-corrected chi connectivity index (χ3v) is 18.7. The molecule has 0 saturated carbocycles. The molecule has 2 unspecified atom stereocenters. The molecule has 0 bridgehead atoms. The Morgan fingerprint density at radius 1 is 0.641 bits per heavy atom. The van der Waals surface area contributed by atoms with Gasteiger partial charge in [0.05, 0.1) is 44.8 Å². The van der Waals surface area contributed by atoms with E-state index in [-0.39, 0.29) is 104 Å². The third-order valence-electron chi connectivity index (χ3n) is 13.7. The Hall–Kier alpha value is -5.06. The molecule has 0 fully saturated rings. The number of nitrogens with zero attached hydrogens (tertiary/aromatic N) is 2. The minimum absolute atomic E-state index is 0.000826. The van der Waals surface area contributed by atoms with E-state index in [1.54, 1.807) is 48.8 Å². The lowest BCUT2D eigenvalue weighted by atomic mass is 9.74. The highest BCUT2D eigenvalue weighted by atomic mass is 32.2. The average molecular weight is 1210 g/mol. The van der Waals surface area contributed by atoms with Crippen molar-refractivity contribution in [3.63, 3.8) is 0 Å². The quantitative estimate of drug-likeness (QED) is 0.0188. The zero-order valence-corrected chi connectivity index (χ0v) is 47.1. The van der Waals surface area contributed by atoms with Gasteiger partial charge in [-0.3, -0.25) is 27.6 Å². The topological polar surface area (TPSA) is 391 Å². The molecule has 0 spiro atoms. The number of unbranched alkanes of at least 4 members (excludes halogenated alkanes) is 2. The van der Waals surface area contributed by atoms with Crippen molar-refractivity contribution in [2.75, 3.05) is 56.4 Å². The summed E-state index contributed by atoms with van der Waals surface area (Å²) in [5.41, 5.74) is -0.753. The Kier molecular flexibility index (Phi) is 18.8. The van der Waals surface area contributed by atoms with Crippen LogP contribution in [0.25, 0.3) is 21.5 Å². The fourth-order valence-corrected chi connectivity index (χ4v) is 14.0. The largest absolute Gasteiger partial charge is 0.744 e. The molecule has 4 aromatic carbocycles. The predicted molar refractivity (Wildman–Crippen MR) is 284 cm³/mol. The molecule has 2 heterocycles. The van der Waals surface area contributed by atoms with Gasteiger partial charge >= 0.3 is 5.97 Å². The van der Waals surface area contributed by atoms with Crippen LogP contribution < -0.4 is 4.90 Å². The molecular formula is C48H58N2O22S6. The Balaban J connectivity index is 1.59. The van der Waals surface area contributed by atoms with Crippen LogP contribution in [-0.4, -0.2) is 151 Å². The van der Waals surface area contributed by atoms with Crippen molar-refractivity contribution < 1.29 is 102 Å². The second-order valence-electron chi connectivity index (χ2n) is 19.1. The zero-order chi connectivity index (χ0) is 58.0. The molecule has 2 aliphatic rings. The molecule has 6 N–H and O–H groups in total. The average Bonchev–Trinajstić information content (AvgIpc) is 3.68. The van der Waals surface area contributed by atoms with Gasteiger partial charge in [0.2, 0.25) is 5.69 Å². The van der Waals surface area contributed by atoms with Crippen LogP contribution in [0.3, 0.4) is 0 Å². The highest BCUT2D eigenvalue weighted by Gasteiger charge is 2.49. The molecule has 4 aromatic rings. The fraction of sp³-hybridized carbons (Fsp3) is 0.417. The molecule has 2 aliphatic heterocycles. The first-order chi connectivity index (χ1) is 36.0. The summed E-state index contributed by atoms with van der Waals surface area (Å²) in [7, 11) is -28.5. The molecule has 6 rings (SSSR count). The summed E-state index contributed by atoms with van der Waals surface area (Å²) < 4.78 is 225. The van der Waals surface area contributed by atoms with Gasteiger partial charge in [-0.15, -0.1) is 0 Å². The number of ether oxygens (including phenoxy) is 2. The molecule has 0 amide bonds. The van der Waals surface area contributed by atoms with Gasteiger partial charge in [0, 0.05) is 73.0 Å². The SMILES string of the molecule is COCCOCCC1(C)\C(=C/C=C/C=C/C2=[N+](CCCS(=O)(=O)O)c3ccc4c(S(=O)(=O)O)cc(S(=O)(=O)O)cc4c3C2(C)CCCS(=O)(=O)O)N(CCCCCC(=O)O)c2ccc3c(S(=O)(=O)[O-])cc(S(=O)(=O)O)cc3c21. The van der Waals surface area contributed by atoms with Gasteiger partial charge < -0.3 is 24.0 Å². The molecular weight excluding hydrogens is 1150 g/mol. The lowest BCUT2D eigenvalue weighted by molar-refractivity contribution is -0.437. The number of aliphatic carboxylic acids is 1. The van der Waals surface area contributed by atoms with Crippen LogP contribution in [0.2, 0.25) is 0 Å². The Morgan fingerprint density at radius 3 is 1.81 bits per heavy atom. The van der Waals surface area contributed by atoms with Crippen molar-refractivity contribution in [1.29, 1.82) is 0 Å². The lowest BCUT2D eigenvalue weighted by Gasteiger charge is -2.31. The first-order valence-electron chi connectivity index (χ1n) is 23.8. The first-order valence-corrected chi connectivity index (χ1v) is 32.8. The number of carboxylic acid groups (broad SMARTS) is 1. The second-order valence-corrected chi connectivity index (χ2v) is 27.8. The zero-order valence-electron chi connectivity index (χ0n) is 42.2. The normalized spacial score (nSPS) is 19.1. The van der Waals surface area contributed by atoms with Crippen molar-refractivity contribution in [3.05, 3.63) is 95.7 Å². The van der Waals surface area contributed by atoms with Crippen molar-refractivity contribution in [2.45, 2.75) is 95.6 Å². The van der Waals surface area contributed by atoms with Gasteiger partial charge in [-0.25, -0.2) is 8.42 Å². The number of hydrogen-bond acceptors (Lipinski definition) is 17. The monoisotopic (exact) mass is 1210 g/mol. The van der Waals surface area contributed by atoms with Crippen LogP contribution in [0.4, 0.5) is 11.4 Å². The van der Waals surface area contributed by atoms with Crippen molar-refractivity contribution in [2.24, 2.45) is 0 Å². The first kappa shape index (κ1) is 62.1. The molecule has 428 valence electrons. The van der Waals surface area contributed by atoms with E-state index < -0.39 is 109 Å². The van der Waals surface area contributed by atoms with Crippen LogP contribution in [-0.2, 0) is 85.8 Å². The number of carboxylic acids is 1. The smallest absolute Gasteiger partial charge is 0.303 e. The lowest BCUT2D eigenvalue weighted by Crippen LogP contribution is -2.32. The van der Waals surface area contributed by atoms with E-state index in [1.807, 2.05) is 4.90 Å². The summed E-state index contributed by atoms with van der Waals surface area (Å²) >= 11 is 0. The molecule has 30 heteroatoms. The summed E-state index contributed by atoms with van der Waals surface area (Å²) in [5.74, 6) is -2.53. The van der Waals surface area contributed by atoms with Crippen LogP contribution >= 0.6 is 0 Å². The fourth-order valence-electron chi connectivity index (χ4n) is 10.3. The van der Waals surface area contributed by atoms with E-state index in [4.69, 9.17) is 9.47 Å². The van der Waals surface area contributed by atoms with E-state index in [2.05, 4.69) is 0 Å². The van der Waals surface area contributed by atoms with E-state index in [9.17, 15) is 87.7 Å². The summed E-state index contributed by atoms with van der Waals surface area (Å²) in [6.45, 7) is 3.81. The van der Waals surface area contributed by atoms with E-state index in [1.165, 1.54) is 31.4 Å². The summed E-state index contributed by atoms with van der Waals surface area (Å²) in [4.78, 5) is 9.62. The van der Waals surface area contributed by atoms with Crippen LogP contribution in [0.5, 0.6) is 0 Å². The Labute approximate surface area is 452 Å². The number of rotatable bonds is 27. The molecule has 78 heavy (non-hydrogen) atoms. The number of carbonyl (C=O) groups is 1. The highest BCUT2D eigenvalue weighted by Crippen LogP contribution is 2.54. The number of allylic oxidation sites excluding steroid dienone is 6. The Morgan fingerprint density at radius 2 is 1.23 bits per heavy atom. The molecule has 0 radical (unpaired) electrons. The van der Waals surface area contributed by atoms with Gasteiger partial charge in [0.15, 0.2) is 5.71 Å². The molecule has 2 atom stereocenters. The summed E-state index contributed by atoms with van der Waals surface area (Å²) in [6, 6.07) is 8.68. The maximum absolute atomic E-state index is 12.8. The molecule has 0 saturated heterocycles. The maximum Gasteiger partial charge on any atom is 0.303 e.